The first kappa shape index (κ1) is 17.9. The molecule has 0 fully saturated rings. The van der Waals surface area contributed by atoms with E-state index in [-0.39, 0.29) is 11.8 Å². The Morgan fingerprint density at radius 2 is 1.96 bits per heavy atom. The summed E-state index contributed by atoms with van der Waals surface area (Å²) in [4.78, 5) is 25.3. The second-order valence-electron chi connectivity index (χ2n) is 5.50. The number of rotatable bonds is 6. The predicted octanol–water partition coefficient (Wildman–Crippen LogP) is 4.70. The Morgan fingerprint density at radius 1 is 1.25 bits per heavy atom. The lowest BCUT2D eigenvalue weighted by Gasteiger charge is -2.03. The number of carbonyl (C=O) groups excluding carboxylic acids is 2. The van der Waals surface area contributed by atoms with Crippen LogP contribution in [0.25, 0.3) is 6.08 Å². The van der Waals surface area contributed by atoms with Gasteiger partial charge in [-0.1, -0.05) is 44.2 Å². The zero-order valence-electron chi connectivity index (χ0n) is 14.0. The van der Waals surface area contributed by atoms with Gasteiger partial charge in [0, 0.05) is 11.0 Å². The van der Waals surface area contributed by atoms with E-state index in [4.69, 9.17) is 4.74 Å². The number of hydrogen-bond donors (Lipinski definition) is 1. The first-order valence-electron chi connectivity index (χ1n) is 7.86. The lowest BCUT2D eigenvalue weighted by molar-refractivity contribution is -0.111. The lowest BCUT2D eigenvalue weighted by atomic mass is 10.1. The summed E-state index contributed by atoms with van der Waals surface area (Å²) in [7, 11) is 0. The van der Waals surface area contributed by atoms with Crippen LogP contribution in [-0.4, -0.2) is 18.5 Å². The van der Waals surface area contributed by atoms with Crippen LogP contribution in [0.4, 0.5) is 5.00 Å². The van der Waals surface area contributed by atoms with Crippen molar-refractivity contribution in [3.05, 3.63) is 58.5 Å². The van der Waals surface area contributed by atoms with E-state index in [1.807, 2.05) is 44.2 Å². The standard InChI is InChI=1S/C19H21NO3S/c1-4-23-19(22)15-12-16(13(2)3)24-18(15)20-17(21)11-10-14-8-6-5-7-9-14/h5-13H,4H2,1-3H3,(H,20,21)/b11-10+. The van der Waals surface area contributed by atoms with Crippen molar-refractivity contribution < 1.29 is 14.3 Å². The van der Waals surface area contributed by atoms with E-state index in [0.29, 0.717) is 17.2 Å². The number of amides is 1. The van der Waals surface area contributed by atoms with Gasteiger partial charge in [-0.15, -0.1) is 11.3 Å². The molecule has 1 heterocycles. The molecule has 5 heteroatoms. The Hall–Kier alpha value is -2.40. The fourth-order valence-corrected chi connectivity index (χ4v) is 3.09. The van der Waals surface area contributed by atoms with E-state index in [1.54, 1.807) is 19.1 Å². The van der Waals surface area contributed by atoms with E-state index < -0.39 is 5.97 Å². The van der Waals surface area contributed by atoms with Gasteiger partial charge in [0.15, 0.2) is 0 Å². The molecule has 1 amide bonds. The van der Waals surface area contributed by atoms with Crippen LogP contribution in [0.2, 0.25) is 0 Å². The minimum Gasteiger partial charge on any atom is -0.462 e. The van der Waals surface area contributed by atoms with Gasteiger partial charge < -0.3 is 10.1 Å². The summed E-state index contributed by atoms with van der Waals surface area (Å²) in [5, 5.41) is 3.31. The van der Waals surface area contributed by atoms with E-state index in [1.165, 1.54) is 17.4 Å². The van der Waals surface area contributed by atoms with Crippen LogP contribution in [0, 0.1) is 0 Å². The third-order valence-electron chi connectivity index (χ3n) is 3.28. The third kappa shape index (κ3) is 4.80. The number of thiophene rings is 1. The Balaban J connectivity index is 2.16. The maximum Gasteiger partial charge on any atom is 0.341 e. The molecule has 0 spiro atoms. The van der Waals surface area contributed by atoms with Crippen LogP contribution in [0.1, 0.15) is 47.5 Å². The van der Waals surface area contributed by atoms with Crippen molar-refractivity contribution in [3.8, 4) is 0 Å². The summed E-state index contributed by atoms with van der Waals surface area (Å²) >= 11 is 1.41. The fraction of sp³-hybridized carbons (Fsp3) is 0.263. The summed E-state index contributed by atoms with van der Waals surface area (Å²) in [5.41, 5.74) is 1.35. The van der Waals surface area contributed by atoms with Gasteiger partial charge in [-0.3, -0.25) is 4.79 Å². The highest BCUT2D eigenvalue weighted by molar-refractivity contribution is 7.16. The van der Waals surface area contributed by atoms with Gasteiger partial charge in [0.1, 0.15) is 5.00 Å². The summed E-state index contributed by atoms with van der Waals surface area (Å²) < 4.78 is 5.07. The van der Waals surface area contributed by atoms with Gasteiger partial charge in [0.2, 0.25) is 5.91 Å². The zero-order valence-corrected chi connectivity index (χ0v) is 14.9. The molecule has 2 aromatic rings. The van der Waals surface area contributed by atoms with Crippen LogP contribution in [-0.2, 0) is 9.53 Å². The van der Waals surface area contributed by atoms with Gasteiger partial charge >= 0.3 is 5.97 Å². The third-order valence-corrected chi connectivity index (χ3v) is 4.63. The molecule has 1 aromatic carbocycles. The highest BCUT2D eigenvalue weighted by Crippen LogP contribution is 2.33. The van der Waals surface area contributed by atoms with Crippen molar-refractivity contribution in [3.63, 3.8) is 0 Å². The fourth-order valence-electron chi connectivity index (χ4n) is 2.04. The average molecular weight is 343 g/mol. The first-order chi connectivity index (χ1) is 11.5. The van der Waals surface area contributed by atoms with Crippen molar-refractivity contribution in [1.29, 1.82) is 0 Å². The molecule has 0 bridgehead atoms. The normalized spacial score (nSPS) is 11.0. The van der Waals surface area contributed by atoms with Crippen molar-refractivity contribution in [2.75, 3.05) is 11.9 Å². The summed E-state index contributed by atoms with van der Waals surface area (Å²) in [5.74, 6) is -0.418. The molecule has 126 valence electrons. The summed E-state index contributed by atoms with van der Waals surface area (Å²) in [6, 6.07) is 11.4. The number of anilines is 1. The highest BCUT2D eigenvalue weighted by Gasteiger charge is 2.19. The van der Waals surface area contributed by atoms with Gasteiger partial charge in [0.05, 0.1) is 12.2 Å². The molecule has 0 atom stereocenters. The second-order valence-corrected chi connectivity index (χ2v) is 6.58. The number of ether oxygens (including phenoxy) is 1. The minimum atomic E-state index is -0.414. The number of carbonyl (C=O) groups is 2. The van der Waals surface area contributed by atoms with Crippen LogP contribution in [0.5, 0.6) is 0 Å². The summed E-state index contributed by atoms with van der Waals surface area (Å²) in [6.07, 6.45) is 3.19. The molecule has 0 unspecified atom stereocenters. The molecule has 1 N–H and O–H groups in total. The molecular weight excluding hydrogens is 322 g/mol. The van der Waals surface area contributed by atoms with Crippen LogP contribution in [0.3, 0.4) is 0 Å². The number of nitrogens with one attached hydrogen (secondary N) is 1. The highest BCUT2D eigenvalue weighted by atomic mass is 32.1. The second kappa shape index (κ2) is 8.45. The molecule has 2 rings (SSSR count). The topological polar surface area (TPSA) is 55.4 Å². The Kier molecular flexibility index (Phi) is 6.32. The van der Waals surface area contributed by atoms with Gasteiger partial charge in [0.25, 0.3) is 0 Å². The van der Waals surface area contributed by atoms with Gasteiger partial charge in [-0.25, -0.2) is 4.79 Å². The molecule has 4 nitrogen and oxygen atoms in total. The van der Waals surface area contributed by atoms with E-state index >= 15 is 0 Å². The van der Waals surface area contributed by atoms with Crippen molar-refractivity contribution in [2.45, 2.75) is 26.7 Å². The Morgan fingerprint density at radius 3 is 2.58 bits per heavy atom. The van der Waals surface area contributed by atoms with Crippen LogP contribution >= 0.6 is 11.3 Å². The van der Waals surface area contributed by atoms with Crippen LogP contribution in [0.15, 0.2) is 42.5 Å². The molecule has 0 saturated heterocycles. The SMILES string of the molecule is CCOC(=O)c1cc(C(C)C)sc1NC(=O)/C=C/c1ccccc1. The molecule has 0 aliphatic heterocycles. The molecule has 0 aliphatic carbocycles. The molecule has 0 aliphatic rings. The molecule has 1 aromatic heterocycles. The monoisotopic (exact) mass is 343 g/mol. The lowest BCUT2D eigenvalue weighted by Crippen LogP contribution is -2.11. The van der Waals surface area contributed by atoms with E-state index in [2.05, 4.69) is 5.32 Å². The van der Waals surface area contributed by atoms with Crippen molar-refractivity contribution in [1.82, 2.24) is 0 Å². The average Bonchev–Trinajstić information content (AvgIpc) is 2.98. The zero-order chi connectivity index (χ0) is 17.5. The van der Waals surface area contributed by atoms with E-state index in [9.17, 15) is 9.59 Å². The quantitative estimate of drug-likeness (QED) is 0.611. The van der Waals surface area contributed by atoms with Crippen molar-refractivity contribution >= 4 is 34.3 Å². The van der Waals surface area contributed by atoms with Gasteiger partial charge in [-0.05, 0) is 30.5 Å². The maximum absolute atomic E-state index is 12.2. The molecule has 24 heavy (non-hydrogen) atoms. The van der Waals surface area contributed by atoms with Gasteiger partial charge in [-0.2, -0.15) is 0 Å². The predicted molar refractivity (Wildman–Crippen MR) is 98.5 cm³/mol. The Bertz CT molecular complexity index is 732. The molecule has 0 saturated carbocycles. The smallest absolute Gasteiger partial charge is 0.341 e. The number of hydrogen-bond acceptors (Lipinski definition) is 4. The number of benzene rings is 1. The number of esters is 1. The van der Waals surface area contributed by atoms with Crippen LogP contribution < -0.4 is 5.32 Å². The maximum atomic E-state index is 12.2. The molecule has 0 radical (unpaired) electrons. The van der Waals surface area contributed by atoms with E-state index in [0.717, 1.165) is 10.4 Å². The Labute approximate surface area is 146 Å². The minimum absolute atomic E-state index is 0.272. The molecular formula is C19H21NO3S. The van der Waals surface area contributed by atoms with Crippen molar-refractivity contribution in [2.24, 2.45) is 0 Å². The largest absolute Gasteiger partial charge is 0.462 e. The summed E-state index contributed by atoms with van der Waals surface area (Å²) in [6.45, 7) is 6.14. The first-order valence-corrected chi connectivity index (χ1v) is 8.67.